The zero-order chi connectivity index (χ0) is 45.4. The SMILES string of the molecule is COCCN(C(=O)CCC(C)(C)SC)c1cc(COc2cc3c(cc2C)C(=O)N2c4ccccc4C[C@H]2CC3)cc(COc2cc3c(cc2OC)C(=O)N2c4ccccc4C[C@H]2C=N3)c1. The molecule has 4 aliphatic rings. The van der Waals surface area contributed by atoms with E-state index in [1.165, 1.54) is 5.56 Å². The van der Waals surface area contributed by atoms with Crippen LogP contribution in [0.4, 0.5) is 22.7 Å². The quantitative estimate of drug-likeness (QED) is 0.102. The lowest BCUT2D eigenvalue weighted by atomic mass is 9.98. The Labute approximate surface area is 385 Å². The number of carbonyl (C=O) groups is 3. The summed E-state index contributed by atoms with van der Waals surface area (Å²) >= 11 is 1.75. The Balaban J connectivity index is 1.00. The molecule has 0 fully saturated rings. The zero-order valence-corrected chi connectivity index (χ0v) is 38.8. The van der Waals surface area contributed by atoms with Gasteiger partial charge in [-0.1, -0.05) is 50.2 Å². The van der Waals surface area contributed by atoms with Crippen LogP contribution in [-0.4, -0.2) is 74.4 Å². The third kappa shape index (κ3) is 8.86. The third-order valence-electron chi connectivity index (χ3n) is 13.2. The molecular weight excluding hydrogens is 837 g/mol. The molecule has 0 saturated carbocycles. The zero-order valence-electron chi connectivity index (χ0n) is 38.0. The Kier molecular flexibility index (Phi) is 12.5. The molecule has 11 nitrogen and oxygen atoms in total. The van der Waals surface area contributed by atoms with Gasteiger partial charge in [-0.2, -0.15) is 11.8 Å². The fourth-order valence-electron chi connectivity index (χ4n) is 9.51. The molecule has 0 N–H and O–H groups in total. The van der Waals surface area contributed by atoms with Crippen molar-refractivity contribution in [3.8, 4) is 17.2 Å². The van der Waals surface area contributed by atoms with Crippen molar-refractivity contribution in [1.82, 2.24) is 0 Å². The van der Waals surface area contributed by atoms with E-state index < -0.39 is 0 Å². The summed E-state index contributed by atoms with van der Waals surface area (Å²) in [6.45, 7) is 7.35. The molecule has 5 aromatic rings. The van der Waals surface area contributed by atoms with Gasteiger partial charge in [-0.15, -0.1) is 0 Å². The smallest absolute Gasteiger partial charge is 0.261 e. The molecular formula is C53H56N4O7S. The molecule has 0 aliphatic carbocycles. The van der Waals surface area contributed by atoms with Gasteiger partial charge in [0.1, 0.15) is 19.0 Å². The maximum Gasteiger partial charge on any atom is 0.261 e. The van der Waals surface area contributed by atoms with Crippen LogP contribution < -0.4 is 28.9 Å². The molecule has 0 unspecified atom stereocenters. The summed E-state index contributed by atoms with van der Waals surface area (Å²) in [6.07, 6.45) is 8.19. The van der Waals surface area contributed by atoms with Crippen LogP contribution in [0.5, 0.6) is 17.2 Å². The molecule has 3 amide bonds. The Hall–Kier alpha value is -6.11. The van der Waals surface area contributed by atoms with Crippen molar-refractivity contribution >= 4 is 58.4 Å². The highest BCUT2D eigenvalue weighted by Crippen LogP contribution is 2.42. The van der Waals surface area contributed by atoms with E-state index in [9.17, 15) is 14.4 Å². The summed E-state index contributed by atoms with van der Waals surface area (Å²) in [7, 11) is 3.19. The minimum atomic E-state index is -0.186. The Morgan fingerprint density at radius 2 is 1.48 bits per heavy atom. The maximum absolute atomic E-state index is 14.1. The lowest BCUT2D eigenvalue weighted by molar-refractivity contribution is -0.119. The molecule has 336 valence electrons. The number of anilines is 3. The number of ether oxygens (including phenoxy) is 4. The number of rotatable bonds is 15. The number of methoxy groups -OCH3 is 2. The van der Waals surface area contributed by atoms with Crippen LogP contribution in [0.3, 0.4) is 0 Å². The van der Waals surface area contributed by atoms with Crippen molar-refractivity contribution in [3.05, 3.63) is 136 Å². The number of amides is 3. The van der Waals surface area contributed by atoms with Crippen molar-refractivity contribution in [2.24, 2.45) is 4.99 Å². The maximum atomic E-state index is 14.1. The van der Waals surface area contributed by atoms with Gasteiger partial charge >= 0.3 is 0 Å². The van der Waals surface area contributed by atoms with E-state index >= 15 is 0 Å². The summed E-state index contributed by atoms with van der Waals surface area (Å²) < 4.78 is 24.4. The first-order valence-electron chi connectivity index (χ1n) is 22.4. The molecule has 4 aliphatic heterocycles. The topological polar surface area (TPSA) is 110 Å². The fourth-order valence-corrected chi connectivity index (χ4v) is 9.82. The normalized spacial score (nSPS) is 17.0. The average Bonchev–Trinajstić information content (AvgIpc) is 3.81. The summed E-state index contributed by atoms with van der Waals surface area (Å²) in [5.74, 6) is 1.46. The highest BCUT2D eigenvalue weighted by molar-refractivity contribution is 7.99. The molecule has 9 rings (SSSR count). The van der Waals surface area contributed by atoms with Crippen LogP contribution >= 0.6 is 11.8 Å². The van der Waals surface area contributed by atoms with Gasteiger partial charge in [0.2, 0.25) is 5.91 Å². The summed E-state index contributed by atoms with van der Waals surface area (Å²) in [6, 6.07) is 29.6. The van der Waals surface area contributed by atoms with Gasteiger partial charge < -0.3 is 28.7 Å². The third-order valence-corrected chi connectivity index (χ3v) is 14.6. The highest BCUT2D eigenvalue weighted by Gasteiger charge is 2.38. The van der Waals surface area contributed by atoms with Crippen LogP contribution in [0.2, 0.25) is 0 Å². The highest BCUT2D eigenvalue weighted by atomic mass is 32.2. The monoisotopic (exact) mass is 892 g/mol. The van der Waals surface area contributed by atoms with Crippen molar-refractivity contribution in [1.29, 1.82) is 0 Å². The second kappa shape index (κ2) is 18.4. The van der Waals surface area contributed by atoms with Gasteiger partial charge in [-0.25, -0.2) is 0 Å². The molecule has 0 saturated heterocycles. The molecule has 0 aromatic heterocycles. The average molecular weight is 893 g/mol. The number of aryl methyl sites for hydroxylation is 2. The van der Waals surface area contributed by atoms with E-state index in [2.05, 4.69) is 32.2 Å². The molecule has 65 heavy (non-hydrogen) atoms. The van der Waals surface area contributed by atoms with Crippen molar-refractivity contribution in [3.63, 3.8) is 0 Å². The van der Waals surface area contributed by atoms with E-state index in [-0.39, 0.29) is 47.8 Å². The number of hydrogen-bond donors (Lipinski definition) is 0. The first kappa shape index (κ1) is 44.1. The molecule has 12 heteroatoms. The Morgan fingerprint density at radius 1 is 0.800 bits per heavy atom. The van der Waals surface area contributed by atoms with Gasteiger partial charge in [-0.05, 0) is 121 Å². The Bertz CT molecular complexity index is 2700. The lowest BCUT2D eigenvalue weighted by Gasteiger charge is -2.27. The van der Waals surface area contributed by atoms with E-state index in [0.717, 1.165) is 64.0 Å². The van der Waals surface area contributed by atoms with Crippen molar-refractivity contribution < 1.29 is 33.3 Å². The number of hydrogen-bond acceptors (Lipinski definition) is 9. The second-order valence-corrected chi connectivity index (χ2v) is 19.4. The Morgan fingerprint density at radius 3 is 2.18 bits per heavy atom. The first-order valence-corrected chi connectivity index (χ1v) is 23.6. The second-order valence-electron chi connectivity index (χ2n) is 17.9. The molecule has 2 atom stereocenters. The summed E-state index contributed by atoms with van der Waals surface area (Å²) in [5.41, 5.74) is 10.1. The van der Waals surface area contributed by atoms with Crippen LogP contribution in [-0.2, 0) is 42.0 Å². The minimum absolute atomic E-state index is 0.00147. The standard InChI is InChI=1S/C53H56N4O7S/c1-33-21-42-36(15-16-39-25-37-11-7-9-13-45(37)56(39)51(42)59)27-47(33)63-31-34-22-35(24-40(23-34)55(19-20-61-4)50(58)17-18-53(2,3)65-6)32-64-49-29-44-43(28-48(49)62-5)52(60)57-41(30-54-44)26-38-12-8-10-14-46(38)57/h7-14,21-24,27-30,39,41H,15-20,25-26,31-32H2,1-6H3/t39-,41+/m1/s1. The first-order chi connectivity index (χ1) is 31.4. The summed E-state index contributed by atoms with van der Waals surface area (Å²) in [4.78, 5) is 52.7. The number of para-hydroxylation sites is 2. The van der Waals surface area contributed by atoms with Gasteiger partial charge in [0.25, 0.3) is 11.8 Å². The number of fused-ring (bicyclic) bond motifs is 8. The fraction of sp³-hybridized carbons (Fsp3) is 0.358. The van der Waals surface area contributed by atoms with Gasteiger partial charge in [-0.3, -0.25) is 24.3 Å². The van der Waals surface area contributed by atoms with E-state index in [1.807, 2.05) is 89.7 Å². The van der Waals surface area contributed by atoms with Crippen LogP contribution in [0, 0.1) is 6.92 Å². The molecule has 5 aromatic carbocycles. The number of nitrogens with zero attached hydrogens (tertiary/aromatic N) is 4. The number of benzene rings is 5. The predicted octanol–water partition coefficient (Wildman–Crippen LogP) is 9.87. The van der Waals surface area contributed by atoms with Gasteiger partial charge in [0.15, 0.2) is 11.5 Å². The lowest BCUT2D eigenvalue weighted by Crippen LogP contribution is -2.37. The van der Waals surface area contributed by atoms with Crippen LogP contribution in [0.1, 0.15) is 87.2 Å². The van der Waals surface area contributed by atoms with Crippen molar-refractivity contribution in [2.75, 3.05) is 48.3 Å². The van der Waals surface area contributed by atoms with Gasteiger partial charge in [0, 0.05) is 72.2 Å². The molecule has 0 radical (unpaired) electrons. The summed E-state index contributed by atoms with van der Waals surface area (Å²) in [5, 5.41) is 0. The number of aliphatic imine (C=N–C) groups is 1. The molecule has 0 spiro atoms. The van der Waals surface area contributed by atoms with E-state index in [0.29, 0.717) is 66.6 Å². The molecule has 0 bridgehead atoms. The van der Waals surface area contributed by atoms with Crippen molar-refractivity contribution in [2.45, 2.75) is 89.3 Å². The van der Waals surface area contributed by atoms with Crippen LogP contribution in [0.25, 0.3) is 0 Å². The number of carbonyl (C=O) groups excluding carboxylic acids is 3. The molecule has 4 heterocycles. The minimum Gasteiger partial charge on any atom is -0.493 e. The van der Waals surface area contributed by atoms with Gasteiger partial charge in [0.05, 0.1) is 31.0 Å². The number of thioether (sulfide) groups is 1. The predicted molar refractivity (Wildman–Crippen MR) is 258 cm³/mol. The van der Waals surface area contributed by atoms with E-state index in [4.69, 9.17) is 23.9 Å². The largest absolute Gasteiger partial charge is 0.493 e. The van der Waals surface area contributed by atoms with E-state index in [1.54, 1.807) is 43.0 Å². The van der Waals surface area contributed by atoms with Crippen LogP contribution in [0.15, 0.2) is 96.0 Å².